The Morgan fingerprint density at radius 3 is 2.90 bits per heavy atom. The molecule has 0 aliphatic carbocycles. The summed E-state index contributed by atoms with van der Waals surface area (Å²) in [5.74, 6) is 0.908. The SMILES string of the molecule is Cc1cn2nc(C3CCCCN3C(=O)c3ncccc3Br)cc2nc1N1CCC(N)C1. The molecule has 0 spiro atoms. The van der Waals surface area contributed by atoms with Gasteiger partial charge in [-0.1, -0.05) is 0 Å². The summed E-state index contributed by atoms with van der Waals surface area (Å²) in [5.41, 5.74) is 9.29. The minimum atomic E-state index is -0.0826. The number of carbonyl (C=O) groups excluding carboxylic acids is 1. The number of piperidine rings is 1. The molecular weight excluding hydrogens is 458 g/mol. The summed E-state index contributed by atoms with van der Waals surface area (Å²) in [4.78, 5) is 26.7. The summed E-state index contributed by atoms with van der Waals surface area (Å²) < 4.78 is 2.54. The number of carbonyl (C=O) groups is 1. The van der Waals surface area contributed by atoms with Crippen molar-refractivity contribution >= 4 is 33.3 Å². The van der Waals surface area contributed by atoms with Crippen LogP contribution < -0.4 is 10.6 Å². The first-order chi connectivity index (χ1) is 15.0. The molecule has 3 aromatic rings. The van der Waals surface area contributed by atoms with Gasteiger partial charge in [-0.3, -0.25) is 4.79 Å². The molecule has 1 amide bonds. The van der Waals surface area contributed by atoms with Crippen LogP contribution in [0.25, 0.3) is 5.65 Å². The molecule has 2 aliphatic rings. The fourth-order valence-electron chi connectivity index (χ4n) is 4.64. The highest BCUT2D eigenvalue weighted by Crippen LogP contribution is 2.33. The lowest BCUT2D eigenvalue weighted by Crippen LogP contribution is -2.39. The summed E-state index contributed by atoms with van der Waals surface area (Å²) in [6.45, 7) is 4.51. The van der Waals surface area contributed by atoms with E-state index in [0.717, 1.165) is 61.5 Å². The summed E-state index contributed by atoms with van der Waals surface area (Å²) in [6.07, 6.45) is 7.59. The maximum atomic E-state index is 13.3. The van der Waals surface area contributed by atoms with E-state index in [1.165, 1.54) is 0 Å². The molecule has 9 heteroatoms. The highest BCUT2D eigenvalue weighted by Gasteiger charge is 2.32. The number of pyridine rings is 1. The molecule has 2 fully saturated rings. The highest BCUT2D eigenvalue weighted by molar-refractivity contribution is 9.10. The Morgan fingerprint density at radius 2 is 2.13 bits per heavy atom. The summed E-state index contributed by atoms with van der Waals surface area (Å²) in [7, 11) is 0. The number of nitrogens with zero attached hydrogens (tertiary/aromatic N) is 6. The van der Waals surface area contributed by atoms with E-state index in [2.05, 4.69) is 32.7 Å². The van der Waals surface area contributed by atoms with E-state index in [9.17, 15) is 4.79 Å². The molecule has 5 heterocycles. The maximum absolute atomic E-state index is 13.3. The standard InChI is InChI=1S/C22H26BrN7O/c1-14-12-30-19(26-21(14)28-10-7-15(24)13-28)11-17(27-30)18-6-2-3-9-29(18)22(31)20-16(23)5-4-8-25-20/h4-5,8,11-12,15,18H,2-3,6-7,9-10,13,24H2,1H3. The molecule has 2 aliphatic heterocycles. The van der Waals surface area contributed by atoms with Crippen LogP contribution in [-0.4, -0.2) is 56.1 Å². The molecule has 0 bridgehead atoms. The molecule has 8 nitrogen and oxygen atoms in total. The average molecular weight is 484 g/mol. The Morgan fingerprint density at radius 1 is 1.26 bits per heavy atom. The Kier molecular flexibility index (Phi) is 5.39. The number of nitrogens with two attached hydrogens (primary N) is 1. The van der Waals surface area contributed by atoms with E-state index >= 15 is 0 Å². The van der Waals surface area contributed by atoms with Gasteiger partial charge in [0.1, 0.15) is 11.5 Å². The number of aryl methyl sites for hydroxylation is 1. The monoisotopic (exact) mass is 483 g/mol. The average Bonchev–Trinajstić information content (AvgIpc) is 3.38. The number of anilines is 1. The van der Waals surface area contributed by atoms with Crippen molar-refractivity contribution in [2.75, 3.05) is 24.5 Å². The number of hydrogen-bond donors (Lipinski definition) is 1. The van der Waals surface area contributed by atoms with Crippen molar-refractivity contribution in [1.82, 2.24) is 24.5 Å². The van der Waals surface area contributed by atoms with Crippen LogP contribution in [0.4, 0.5) is 5.82 Å². The van der Waals surface area contributed by atoms with Crippen molar-refractivity contribution in [3.05, 3.63) is 52.0 Å². The number of fused-ring (bicyclic) bond motifs is 1. The molecule has 5 rings (SSSR count). The fraction of sp³-hybridized carbons (Fsp3) is 0.455. The van der Waals surface area contributed by atoms with Gasteiger partial charge in [0.2, 0.25) is 0 Å². The lowest BCUT2D eigenvalue weighted by atomic mass is 9.99. The Hall–Kier alpha value is -2.52. The van der Waals surface area contributed by atoms with Gasteiger partial charge >= 0.3 is 0 Å². The van der Waals surface area contributed by atoms with E-state index < -0.39 is 0 Å². The Balaban J connectivity index is 1.48. The van der Waals surface area contributed by atoms with Crippen LogP contribution in [0.15, 0.2) is 35.1 Å². The molecule has 0 aromatic carbocycles. The van der Waals surface area contributed by atoms with Crippen LogP contribution >= 0.6 is 15.9 Å². The van der Waals surface area contributed by atoms with Gasteiger partial charge in [-0.2, -0.15) is 5.10 Å². The number of hydrogen-bond acceptors (Lipinski definition) is 6. The van der Waals surface area contributed by atoms with E-state index in [0.29, 0.717) is 16.7 Å². The molecule has 3 aromatic heterocycles. The zero-order chi connectivity index (χ0) is 21.5. The minimum absolute atomic E-state index is 0.0647. The summed E-state index contributed by atoms with van der Waals surface area (Å²) in [6, 6.07) is 5.80. The highest BCUT2D eigenvalue weighted by atomic mass is 79.9. The predicted molar refractivity (Wildman–Crippen MR) is 122 cm³/mol. The van der Waals surface area contributed by atoms with Crippen molar-refractivity contribution in [1.29, 1.82) is 0 Å². The molecule has 162 valence electrons. The van der Waals surface area contributed by atoms with Gasteiger partial charge in [0.05, 0.1) is 11.7 Å². The molecule has 2 atom stereocenters. The minimum Gasteiger partial charge on any atom is -0.355 e. The Bertz CT molecular complexity index is 1130. The third kappa shape index (κ3) is 3.80. The number of rotatable bonds is 3. The van der Waals surface area contributed by atoms with Crippen molar-refractivity contribution < 1.29 is 4.79 Å². The first-order valence-electron chi connectivity index (χ1n) is 10.8. The van der Waals surface area contributed by atoms with Crippen molar-refractivity contribution in [3.63, 3.8) is 0 Å². The molecule has 0 radical (unpaired) electrons. The quantitative estimate of drug-likeness (QED) is 0.615. The molecule has 0 saturated carbocycles. The van der Waals surface area contributed by atoms with Gasteiger partial charge < -0.3 is 15.5 Å². The molecular formula is C22H26BrN7O. The van der Waals surface area contributed by atoms with Crippen LogP contribution in [0.5, 0.6) is 0 Å². The van der Waals surface area contributed by atoms with Crippen LogP contribution in [0.1, 0.15) is 53.5 Å². The van der Waals surface area contributed by atoms with Gasteiger partial charge in [-0.25, -0.2) is 14.5 Å². The third-order valence-corrected chi connectivity index (χ3v) is 6.85. The van der Waals surface area contributed by atoms with Crippen LogP contribution in [0, 0.1) is 6.92 Å². The first-order valence-corrected chi connectivity index (χ1v) is 11.6. The van der Waals surface area contributed by atoms with Crippen LogP contribution in [0.2, 0.25) is 0 Å². The van der Waals surface area contributed by atoms with Gasteiger partial charge in [-0.05, 0) is 60.7 Å². The second-order valence-corrected chi connectivity index (χ2v) is 9.31. The second-order valence-electron chi connectivity index (χ2n) is 8.46. The van der Waals surface area contributed by atoms with E-state index in [1.54, 1.807) is 6.20 Å². The zero-order valence-electron chi connectivity index (χ0n) is 17.5. The van der Waals surface area contributed by atoms with Gasteiger partial charge in [0.15, 0.2) is 5.65 Å². The number of likely N-dealkylation sites (tertiary alicyclic amines) is 1. The molecule has 2 unspecified atom stereocenters. The van der Waals surface area contributed by atoms with E-state index in [1.807, 2.05) is 33.8 Å². The normalized spacial score (nSPS) is 21.8. The number of halogens is 1. The molecule has 2 saturated heterocycles. The van der Waals surface area contributed by atoms with Crippen LogP contribution in [0.3, 0.4) is 0 Å². The maximum Gasteiger partial charge on any atom is 0.274 e. The first kappa shape index (κ1) is 20.4. The van der Waals surface area contributed by atoms with Gasteiger partial charge in [0, 0.05) is 54.2 Å². The van der Waals surface area contributed by atoms with E-state index in [4.69, 9.17) is 15.8 Å². The van der Waals surface area contributed by atoms with Gasteiger partial charge in [0.25, 0.3) is 5.91 Å². The second kappa shape index (κ2) is 8.20. The molecule has 31 heavy (non-hydrogen) atoms. The summed E-state index contributed by atoms with van der Waals surface area (Å²) >= 11 is 3.47. The van der Waals surface area contributed by atoms with Gasteiger partial charge in [-0.15, -0.1) is 0 Å². The Labute approximate surface area is 189 Å². The van der Waals surface area contributed by atoms with Crippen molar-refractivity contribution in [2.24, 2.45) is 5.73 Å². The number of aromatic nitrogens is 4. The number of amides is 1. The lowest BCUT2D eigenvalue weighted by molar-refractivity contribution is 0.0598. The zero-order valence-corrected chi connectivity index (χ0v) is 19.1. The third-order valence-electron chi connectivity index (χ3n) is 6.21. The van der Waals surface area contributed by atoms with Crippen LogP contribution in [-0.2, 0) is 0 Å². The fourth-order valence-corrected chi connectivity index (χ4v) is 5.07. The lowest BCUT2D eigenvalue weighted by Gasteiger charge is -2.34. The topological polar surface area (TPSA) is 92.6 Å². The van der Waals surface area contributed by atoms with Crippen molar-refractivity contribution in [2.45, 2.75) is 44.7 Å². The summed E-state index contributed by atoms with van der Waals surface area (Å²) in [5, 5.41) is 4.81. The largest absolute Gasteiger partial charge is 0.355 e. The van der Waals surface area contributed by atoms with E-state index in [-0.39, 0.29) is 18.0 Å². The predicted octanol–water partition coefficient (Wildman–Crippen LogP) is 3.10. The smallest absolute Gasteiger partial charge is 0.274 e. The molecule has 2 N–H and O–H groups in total. The van der Waals surface area contributed by atoms with Crippen molar-refractivity contribution in [3.8, 4) is 0 Å².